The maximum atomic E-state index is 12.2. The van der Waals surface area contributed by atoms with Crippen LogP contribution in [0.5, 0.6) is 0 Å². The largest absolute Gasteiger partial charge is 0.338 e. The Morgan fingerprint density at radius 1 is 1.40 bits per heavy atom. The van der Waals surface area contributed by atoms with Crippen LogP contribution in [0, 0.1) is 5.92 Å². The van der Waals surface area contributed by atoms with E-state index in [1.165, 1.54) is 6.42 Å². The van der Waals surface area contributed by atoms with Gasteiger partial charge in [-0.15, -0.1) is 0 Å². The Hall–Kier alpha value is -0.220. The van der Waals surface area contributed by atoms with Crippen molar-refractivity contribution in [3.63, 3.8) is 0 Å². The molecule has 2 heterocycles. The van der Waals surface area contributed by atoms with Crippen LogP contribution >= 0.6 is 11.8 Å². The van der Waals surface area contributed by atoms with Gasteiger partial charge in [-0.3, -0.25) is 4.79 Å². The summed E-state index contributed by atoms with van der Waals surface area (Å²) in [6.45, 7) is 1.56. The molecule has 0 spiro atoms. The molecular formula is C11H20N2OS. The molecule has 2 fully saturated rings. The zero-order chi connectivity index (χ0) is 10.7. The average Bonchev–Trinajstić information content (AvgIpc) is 2.81. The second-order valence-corrected chi connectivity index (χ2v) is 5.63. The maximum absolute atomic E-state index is 12.2. The Morgan fingerprint density at radius 3 is 2.93 bits per heavy atom. The molecule has 0 aromatic carbocycles. The minimum Gasteiger partial charge on any atom is -0.338 e. The summed E-state index contributed by atoms with van der Waals surface area (Å²) in [5, 5.41) is 0. The number of hydrogen-bond donors (Lipinski definition) is 1. The number of rotatable bonds is 2. The fraction of sp³-hybridized carbons (Fsp3) is 0.909. The van der Waals surface area contributed by atoms with Crippen LogP contribution in [0.4, 0.5) is 0 Å². The molecule has 2 atom stereocenters. The average molecular weight is 228 g/mol. The molecule has 2 aliphatic heterocycles. The predicted molar refractivity (Wildman–Crippen MR) is 63.8 cm³/mol. The number of hydrogen-bond acceptors (Lipinski definition) is 3. The molecule has 3 nitrogen and oxygen atoms in total. The summed E-state index contributed by atoms with van der Waals surface area (Å²) in [5.74, 6) is 2.82. The van der Waals surface area contributed by atoms with E-state index in [0.717, 1.165) is 37.3 Å². The number of carbonyl (C=O) groups is 1. The van der Waals surface area contributed by atoms with E-state index in [1.54, 1.807) is 0 Å². The fourth-order valence-corrected chi connectivity index (χ4v) is 3.71. The summed E-state index contributed by atoms with van der Waals surface area (Å²) < 4.78 is 0. The Morgan fingerprint density at radius 2 is 2.27 bits per heavy atom. The molecule has 1 amide bonds. The summed E-state index contributed by atoms with van der Waals surface area (Å²) in [6.07, 6.45) is 4.55. The molecule has 0 aromatic rings. The minimum absolute atomic E-state index is 0.280. The van der Waals surface area contributed by atoms with Crippen molar-refractivity contribution >= 4 is 17.7 Å². The molecule has 2 rings (SSSR count). The van der Waals surface area contributed by atoms with Gasteiger partial charge in [0.2, 0.25) is 5.91 Å². The van der Waals surface area contributed by atoms with Gasteiger partial charge in [-0.2, -0.15) is 11.8 Å². The van der Waals surface area contributed by atoms with Crippen molar-refractivity contribution < 1.29 is 4.79 Å². The Kier molecular flexibility index (Phi) is 3.92. The van der Waals surface area contributed by atoms with Gasteiger partial charge in [0.1, 0.15) is 0 Å². The first-order valence-corrected chi connectivity index (χ1v) is 7.06. The smallest absolute Gasteiger partial charge is 0.226 e. The van der Waals surface area contributed by atoms with Crippen LogP contribution in [0.25, 0.3) is 0 Å². The molecule has 0 saturated carbocycles. The first-order chi connectivity index (χ1) is 7.33. The summed E-state index contributed by atoms with van der Waals surface area (Å²) >= 11 is 1.90. The minimum atomic E-state index is 0.280. The molecule has 2 N–H and O–H groups in total. The van der Waals surface area contributed by atoms with Crippen LogP contribution in [0.15, 0.2) is 0 Å². The number of nitrogens with two attached hydrogens (primary N) is 1. The SMILES string of the molecule is NCC1CCCCN1C(=O)C1CCSC1. The summed E-state index contributed by atoms with van der Waals surface area (Å²) in [5.41, 5.74) is 5.73. The zero-order valence-electron chi connectivity index (χ0n) is 9.15. The second kappa shape index (κ2) is 5.21. The maximum Gasteiger partial charge on any atom is 0.226 e. The van der Waals surface area contributed by atoms with Gasteiger partial charge in [0, 0.05) is 30.8 Å². The van der Waals surface area contributed by atoms with E-state index in [-0.39, 0.29) is 5.92 Å². The molecule has 0 aromatic heterocycles. The van der Waals surface area contributed by atoms with Crippen molar-refractivity contribution in [1.29, 1.82) is 0 Å². The van der Waals surface area contributed by atoms with Crippen LogP contribution in [0.3, 0.4) is 0 Å². The molecular weight excluding hydrogens is 208 g/mol. The van der Waals surface area contributed by atoms with E-state index >= 15 is 0 Å². The van der Waals surface area contributed by atoms with Crippen LogP contribution in [-0.2, 0) is 4.79 Å². The van der Waals surface area contributed by atoms with E-state index in [0.29, 0.717) is 18.5 Å². The Bertz CT molecular complexity index is 229. The van der Waals surface area contributed by atoms with Crippen LogP contribution in [-0.4, -0.2) is 41.4 Å². The molecule has 15 heavy (non-hydrogen) atoms. The number of nitrogens with zero attached hydrogens (tertiary/aromatic N) is 1. The third kappa shape index (κ3) is 2.48. The first kappa shape index (κ1) is 11.3. The van der Waals surface area contributed by atoms with E-state index in [2.05, 4.69) is 4.90 Å². The lowest BCUT2D eigenvalue weighted by Gasteiger charge is -2.36. The monoisotopic (exact) mass is 228 g/mol. The van der Waals surface area contributed by atoms with Crippen molar-refractivity contribution in [3.05, 3.63) is 0 Å². The van der Waals surface area contributed by atoms with E-state index in [9.17, 15) is 4.79 Å². The second-order valence-electron chi connectivity index (χ2n) is 4.48. The van der Waals surface area contributed by atoms with E-state index < -0.39 is 0 Å². The molecule has 2 saturated heterocycles. The van der Waals surface area contributed by atoms with Gasteiger partial charge in [-0.05, 0) is 31.4 Å². The van der Waals surface area contributed by atoms with Crippen molar-refractivity contribution in [2.75, 3.05) is 24.6 Å². The number of likely N-dealkylation sites (tertiary alicyclic amines) is 1. The van der Waals surface area contributed by atoms with Gasteiger partial charge >= 0.3 is 0 Å². The lowest BCUT2D eigenvalue weighted by molar-refractivity contribution is -0.138. The van der Waals surface area contributed by atoms with Gasteiger partial charge < -0.3 is 10.6 Å². The third-order valence-corrected chi connectivity index (χ3v) is 4.62. The van der Waals surface area contributed by atoms with Crippen molar-refractivity contribution in [2.24, 2.45) is 11.7 Å². The Balaban J connectivity index is 1.96. The molecule has 86 valence electrons. The van der Waals surface area contributed by atoms with Crippen LogP contribution in [0.2, 0.25) is 0 Å². The lowest BCUT2D eigenvalue weighted by Crippen LogP contribution is -2.49. The van der Waals surface area contributed by atoms with Gasteiger partial charge in [-0.25, -0.2) is 0 Å². The van der Waals surface area contributed by atoms with Crippen molar-refractivity contribution in [2.45, 2.75) is 31.7 Å². The van der Waals surface area contributed by atoms with Crippen molar-refractivity contribution in [1.82, 2.24) is 4.90 Å². The molecule has 0 radical (unpaired) electrons. The van der Waals surface area contributed by atoms with E-state index in [4.69, 9.17) is 5.73 Å². The van der Waals surface area contributed by atoms with E-state index in [1.807, 2.05) is 11.8 Å². The highest BCUT2D eigenvalue weighted by atomic mass is 32.2. The Labute approximate surface area is 95.8 Å². The predicted octanol–water partition coefficient (Wildman–Crippen LogP) is 1.08. The molecule has 4 heteroatoms. The van der Waals surface area contributed by atoms with Crippen LogP contribution < -0.4 is 5.73 Å². The van der Waals surface area contributed by atoms with Gasteiger partial charge in [0.25, 0.3) is 0 Å². The van der Waals surface area contributed by atoms with Gasteiger partial charge in [0.05, 0.1) is 0 Å². The summed E-state index contributed by atoms with van der Waals surface area (Å²) in [4.78, 5) is 14.3. The normalized spacial score (nSPS) is 31.9. The topological polar surface area (TPSA) is 46.3 Å². The first-order valence-electron chi connectivity index (χ1n) is 5.91. The molecule has 2 unspecified atom stereocenters. The molecule has 0 bridgehead atoms. The highest BCUT2D eigenvalue weighted by Crippen LogP contribution is 2.27. The fourth-order valence-electron chi connectivity index (χ4n) is 2.50. The van der Waals surface area contributed by atoms with Crippen molar-refractivity contribution in [3.8, 4) is 0 Å². The van der Waals surface area contributed by atoms with Gasteiger partial charge in [-0.1, -0.05) is 0 Å². The number of thioether (sulfide) groups is 1. The zero-order valence-corrected chi connectivity index (χ0v) is 9.97. The molecule has 2 aliphatic rings. The summed E-state index contributed by atoms with van der Waals surface area (Å²) in [6, 6.07) is 0.317. The third-order valence-electron chi connectivity index (χ3n) is 3.46. The quantitative estimate of drug-likeness (QED) is 0.769. The van der Waals surface area contributed by atoms with Crippen LogP contribution in [0.1, 0.15) is 25.7 Å². The highest BCUT2D eigenvalue weighted by molar-refractivity contribution is 7.99. The lowest BCUT2D eigenvalue weighted by atomic mass is 9.99. The summed E-state index contributed by atoms with van der Waals surface area (Å²) in [7, 11) is 0. The molecule has 0 aliphatic carbocycles. The standard InChI is InChI=1S/C11H20N2OS/c12-7-10-3-1-2-5-13(10)11(14)9-4-6-15-8-9/h9-10H,1-8,12H2. The number of piperidine rings is 1. The number of carbonyl (C=O) groups excluding carboxylic acids is 1. The number of amides is 1. The van der Waals surface area contributed by atoms with Gasteiger partial charge in [0.15, 0.2) is 0 Å². The highest BCUT2D eigenvalue weighted by Gasteiger charge is 2.32.